The van der Waals surface area contributed by atoms with E-state index in [2.05, 4.69) is 55.7 Å². The van der Waals surface area contributed by atoms with E-state index >= 15 is 0 Å². The van der Waals surface area contributed by atoms with E-state index in [0.717, 1.165) is 38.6 Å². The molecule has 0 amide bonds. The average molecular weight is 461 g/mol. The Kier molecular flexibility index (Phi) is 3.88. The Labute approximate surface area is 160 Å². The van der Waals surface area contributed by atoms with Crippen molar-refractivity contribution in [1.29, 1.82) is 0 Å². The lowest BCUT2D eigenvalue weighted by molar-refractivity contribution is 0.598. The second-order valence-electron chi connectivity index (χ2n) is 5.36. The van der Waals surface area contributed by atoms with Gasteiger partial charge in [-0.2, -0.15) is 5.10 Å². The summed E-state index contributed by atoms with van der Waals surface area (Å²) in [5.41, 5.74) is 3.17. The highest BCUT2D eigenvalue weighted by Gasteiger charge is 2.22. The molecule has 122 valence electrons. The van der Waals surface area contributed by atoms with Crippen LogP contribution in [0.1, 0.15) is 53.8 Å². The van der Waals surface area contributed by atoms with Gasteiger partial charge in [-0.3, -0.25) is 0 Å². The lowest BCUT2D eigenvalue weighted by Crippen LogP contribution is -2.07. The summed E-state index contributed by atoms with van der Waals surface area (Å²) in [5.74, 6) is 0.213. The molecular weight excluding hydrogens is 440 g/mol. The zero-order chi connectivity index (χ0) is 19.2. The quantitative estimate of drug-likeness (QED) is 0.486. The number of aromatic nitrogens is 4. The molecule has 0 saturated carbocycles. The van der Waals surface area contributed by atoms with Gasteiger partial charge in [0.25, 0.3) is 0 Å². The molecule has 0 unspecified atom stereocenters. The van der Waals surface area contributed by atoms with E-state index < -0.39 is 6.85 Å². The Bertz CT molecular complexity index is 961. The van der Waals surface area contributed by atoms with E-state index in [4.69, 9.17) is 9.21 Å². The van der Waals surface area contributed by atoms with Crippen molar-refractivity contribution in [3.63, 3.8) is 0 Å². The van der Waals surface area contributed by atoms with Gasteiger partial charge in [-0.05, 0) is 64.5 Å². The van der Waals surface area contributed by atoms with Crippen molar-refractivity contribution in [2.45, 2.75) is 46.4 Å². The number of thiazole rings is 1. The monoisotopic (exact) mass is 459 g/mol. The summed E-state index contributed by atoms with van der Waals surface area (Å²) in [5, 5.41) is 4.69. The molecule has 0 aromatic carbocycles. The zero-order valence-electron chi connectivity index (χ0n) is 16.0. The van der Waals surface area contributed by atoms with Crippen molar-refractivity contribution >= 4 is 48.8 Å². The fourth-order valence-corrected chi connectivity index (χ4v) is 5.25. The Morgan fingerprint density at radius 3 is 2.61 bits per heavy atom. The highest BCUT2D eigenvalue weighted by atomic mass is 79.9. The van der Waals surface area contributed by atoms with Crippen LogP contribution in [0, 0.1) is 13.8 Å². The summed E-state index contributed by atoms with van der Waals surface area (Å²) in [6, 6.07) is 1.69. The van der Waals surface area contributed by atoms with Gasteiger partial charge < -0.3 is 0 Å². The summed E-state index contributed by atoms with van der Waals surface area (Å²) >= 11 is 8.35. The van der Waals surface area contributed by atoms with E-state index in [0.29, 0.717) is 10.3 Å². The van der Waals surface area contributed by atoms with E-state index in [1.54, 1.807) is 10.6 Å². The smallest absolute Gasteiger partial charge is 0.164 e. The van der Waals surface area contributed by atoms with Crippen molar-refractivity contribution in [3.8, 4) is 10.4 Å². The van der Waals surface area contributed by atoms with Gasteiger partial charge >= 0.3 is 0 Å². The Morgan fingerprint density at radius 2 is 2.04 bits per heavy atom. The highest BCUT2D eigenvalue weighted by molar-refractivity contribution is 9.11. The highest BCUT2D eigenvalue weighted by Crippen LogP contribution is 2.40. The van der Waals surface area contributed by atoms with Gasteiger partial charge in [0.15, 0.2) is 9.56 Å². The first kappa shape index (κ1) is 13.5. The summed E-state index contributed by atoms with van der Waals surface area (Å²) in [4.78, 5) is 9.72. The predicted molar refractivity (Wildman–Crippen MR) is 102 cm³/mol. The van der Waals surface area contributed by atoms with Gasteiger partial charge in [0.05, 0.1) is 16.1 Å². The molecule has 0 fully saturated rings. The standard InChI is InChI=1S/C16H18Br2N4S/c1-5-10(6-2)11-7-8(3)19-15-12(9(4)21-22(11)15)13-14(17)20-16(18)23-13/h7,10H,5-6H2,1-4H3/i3D3. The Balaban J connectivity index is 2.39. The molecule has 3 heterocycles. The van der Waals surface area contributed by atoms with Crippen LogP contribution in [-0.2, 0) is 0 Å². The van der Waals surface area contributed by atoms with E-state index in [1.807, 2.05) is 6.92 Å². The van der Waals surface area contributed by atoms with E-state index in [1.165, 1.54) is 11.3 Å². The molecule has 0 spiro atoms. The van der Waals surface area contributed by atoms with Crippen molar-refractivity contribution in [1.82, 2.24) is 19.6 Å². The third-order valence-electron chi connectivity index (χ3n) is 3.98. The Hall–Kier alpha value is -0.790. The topological polar surface area (TPSA) is 43.1 Å². The van der Waals surface area contributed by atoms with Crippen molar-refractivity contribution < 1.29 is 4.11 Å². The molecule has 0 saturated heterocycles. The van der Waals surface area contributed by atoms with Crippen LogP contribution in [0.5, 0.6) is 0 Å². The van der Waals surface area contributed by atoms with Crippen LogP contribution in [0.15, 0.2) is 14.6 Å². The summed E-state index contributed by atoms with van der Waals surface area (Å²) in [6.45, 7) is 3.84. The summed E-state index contributed by atoms with van der Waals surface area (Å²) in [6.07, 6.45) is 1.81. The van der Waals surface area contributed by atoms with Crippen LogP contribution in [0.4, 0.5) is 0 Å². The van der Waals surface area contributed by atoms with E-state index in [9.17, 15) is 0 Å². The minimum absolute atomic E-state index is 0.104. The van der Waals surface area contributed by atoms with Gasteiger partial charge in [-0.1, -0.05) is 13.8 Å². The largest absolute Gasteiger partial charge is 0.233 e. The fourth-order valence-electron chi connectivity index (χ4n) is 2.84. The second-order valence-corrected chi connectivity index (χ2v) is 8.39. The number of halogens is 2. The maximum absolute atomic E-state index is 7.84. The molecule has 0 radical (unpaired) electrons. The van der Waals surface area contributed by atoms with Crippen LogP contribution in [0.2, 0.25) is 0 Å². The molecule has 0 atom stereocenters. The van der Waals surface area contributed by atoms with Crippen LogP contribution in [0.25, 0.3) is 16.1 Å². The normalized spacial score (nSPS) is 14.3. The molecule has 0 aliphatic carbocycles. The number of nitrogens with zero attached hydrogens (tertiary/aromatic N) is 4. The first-order valence-electron chi connectivity index (χ1n) is 8.90. The minimum Gasteiger partial charge on any atom is -0.233 e. The van der Waals surface area contributed by atoms with Gasteiger partial charge in [0.1, 0.15) is 4.60 Å². The first-order valence-corrected chi connectivity index (χ1v) is 9.80. The number of hydrogen-bond acceptors (Lipinski definition) is 4. The molecule has 0 aliphatic heterocycles. The van der Waals surface area contributed by atoms with Gasteiger partial charge in [-0.15, -0.1) is 11.3 Å². The van der Waals surface area contributed by atoms with Gasteiger partial charge in [0.2, 0.25) is 0 Å². The van der Waals surface area contributed by atoms with Crippen LogP contribution in [-0.4, -0.2) is 19.6 Å². The number of aryl methyl sites for hydroxylation is 2. The predicted octanol–water partition coefficient (Wildman–Crippen LogP) is 5.90. The lowest BCUT2D eigenvalue weighted by Gasteiger charge is -2.15. The van der Waals surface area contributed by atoms with Crippen LogP contribution in [0.3, 0.4) is 0 Å². The van der Waals surface area contributed by atoms with Crippen LogP contribution >= 0.6 is 43.2 Å². The van der Waals surface area contributed by atoms with Gasteiger partial charge in [-0.25, -0.2) is 14.5 Å². The minimum atomic E-state index is -2.27. The average Bonchev–Trinajstić information content (AvgIpc) is 3.05. The first-order chi connectivity index (χ1) is 12.2. The number of fused-ring (bicyclic) bond motifs is 1. The number of hydrogen-bond donors (Lipinski definition) is 0. The lowest BCUT2D eigenvalue weighted by atomic mass is 9.98. The molecule has 3 aromatic heterocycles. The maximum Gasteiger partial charge on any atom is 0.164 e. The molecule has 23 heavy (non-hydrogen) atoms. The van der Waals surface area contributed by atoms with Crippen molar-refractivity contribution in [2.75, 3.05) is 0 Å². The Morgan fingerprint density at radius 1 is 1.30 bits per heavy atom. The van der Waals surface area contributed by atoms with E-state index in [-0.39, 0.29) is 11.6 Å². The van der Waals surface area contributed by atoms with Gasteiger partial charge in [0, 0.05) is 21.4 Å². The molecular formula is C16H18Br2N4S. The van der Waals surface area contributed by atoms with Crippen LogP contribution < -0.4 is 0 Å². The SMILES string of the molecule is [2H]C([2H])([2H])c1cc(C(CC)CC)n2nc(C)c(-c3sc(Br)nc3Br)c2n1. The maximum atomic E-state index is 7.84. The molecule has 0 bridgehead atoms. The van der Waals surface area contributed by atoms with Crippen molar-refractivity contribution in [2.24, 2.45) is 0 Å². The molecule has 7 heteroatoms. The molecule has 0 aliphatic rings. The molecule has 0 N–H and O–H groups in total. The zero-order valence-corrected chi connectivity index (χ0v) is 17.0. The number of rotatable bonds is 4. The molecule has 4 nitrogen and oxygen atoms in total. The molecule has 3 rings (SSSR count). The molecule has 3 aromatic rings. The fraction of sp³-hybridized carbons (Fsp3) is 0.438. The third kappa shape index (κ3) is 2.98. The third-order valence-corrected chi connectivity index (χ3v) is 6.34. The summed E-state index contributed by atoms with van der Waals surface area (Å²) in [7, 11) is 0. The second kappa shape index (κ2) is 6.61. The summed E-state index contributed by atoms with van der Waals surface area (Å²) < 4.78 is 26.8. The van der Waals surface area contributed by atoms with Crippen molar-refractivity contribution in [3.05, 3.63) is 31.7 Å².